The molecule has 0 N–H and O–H groups in total. The third kappa shape index (κ3) is 14.2. The molecule has 0 saturated heterocycles. The maximum absolute atomic E-state index is 11.4. The van der Waals surface area contributed by atoms with Crippen molar-refractivity contribution in [3.8, 4) is 11.5 Å². The molecule has 4 heteroatoms. The molecule has 0 radical (unpaired) electrons. The lowest BCUT2D eigenvalue weighted by Gasteiger charge is -2.15. The van der Waals surface area contributed by atoms with Gasteiger partial charge in [-0.05, 0) is 62.1 Å². The van der Waals surface area contributed by atoms with E-state index in [9.17, 15) is 9.59 Å². The van der Waals surface area contributed by atoms with Crippen molar-refractivity contribution in [2.75, 3.05) is 0 Å². The number of carbonyl (C=O) groups excluding carboxylic acids is 2. The van der Waals surface area contributed by atoms with Crippen LogP contribution in [-0.4, -0.2) is 11.9 Å². The molecule has 0 spiro atoms. The number of carbonyl (C=O) groups is 2. The lowest BCUT2D eigenvalue weighted by Crippen LogP contribution is -2.06. The zero-order valence-corrected chi connectivity index (χ0v) is 22.7. The molecular weight excluding hydrogens is 424 g/mol. The second-order valence-electron chi connectivity index (χ2n) is 10.6. The first-order chi connectivity index (χ1) is 16.1. The van der Waals surface area contributed by atoms with Gasteiger partial charge in [0.2, 0.25) is 0 Å². The SMILES string of the molecule is CC(=O)Oc1ccc(OC(C)=O)c(CC=C(C)CCC[C@H](C)CCC[C@H](C)CCCC(C)C)c1. The van der Waals surface area contributed by atoms with Gasteiger partial charge in [-0.2, -0.15) is 0 Å². The molecule has 0 aromatic heterocycles. The van der Waals surface area contributed by atoms with Gasteiger partial charge in [0.15, 0.2) is 0 Å². The van der Waals surface area contributed by atoms with Crippen LogP contribution in [0.3, 0.4) is 0 Å². The average Bonchev–Trinajstić information content (AvgIpc) is 2.72. The largest absolute Gasteiger partial charge is 0.427 e. The molecule has 0 heterocycles. The fraction of sp³-hybridized carbons (Fsp3) is 0.667. The van der Waals surface area contributed by atoms with Crippen LogP contribution in [0.4, 0.5) is 0 Å². The molecule has 0 saturated carbocycles. The molecule has 0 bridgehead atoms. The maximum atomic E-state index is 11.4. The van der Waals surface area contributed by atoms with E-state index in [4.69, 9.17) is 9.47 Å². The fourth-order valence-corrected chi connectivity index (χ4v) is 4.29. The molecule has 0 aliphatic heterocycles. The lowest BCUT2D eigenvalue weighted by molar-refractivity contribution is -0.133. The van der Waals surface area contributed by atoms with E-state index in [1.54, 1.807) is 18.2 Å². The van der Waals surface area contributed by atoms with Crippen LogP contribution in [0.15, 0.2) is 29.8 Å². The standard InChI is InChI=1S/C30H48O4/c1-22(2)11-8-12-23(3)13-9-14-24(4)15-10-16-25(5)17-18-28-21-29(33-26(6)31)19-20-30(28)34-27(7)32/h17,19-24H,8-16,18H2,1-7H3/t23-,24-/m1/s1. The van der Waals surface area contributed by atoms with Crippen molar-refractivity contribution >= 4 is 11.9 Å². The number of benzene rings is 1. The van der Waals surface area contributed by atoms with Crippen LogP contribution in [-0.2, 0) is 16.0 Å². The maximum Gasteiger partial charge on any atom is 0.308 e. The van der Waals surface area contributed by atoms with E-state index in [1.165, 1.54) is 70.8 Å². The number of esters is 2. The summed E-state index contributed by atoms with van der Waals surface area (Å²) >= 11 is 0. The Kier molecular flexibility index (Phi) is 14.5. The van der Waals surface area contributed by atoms with Crippen molar-refractivity contribution < 1.29 is 19.1 Å². The van der Waals surface area contributed by atoms with Gasteiger partial charge in [0.05, 0.1) is 0 Å². The van der Waals surface area contributed by atoms with Crippen LogP contribution in [0.1, 0.15) is 112 Å². The van der Waals surface area contributed by atoms with Crippen LogP contribution < -0.4 is 9.47 Å². The summed E-state index contributed by atoms with van der Waals surface area (Å²) in [5, 5.41) is 0. The van der Waals surface area contributed by atoms with E-state index in [2.05, 4.69) is 40.7 Å². The van der Waals surface area contributed by atoms with Crippen molar-refractivity contribution in [1.29, 1.82) is 0 Å². The van der Waals surface area contributed by atoms with E-state index in [1.807, 2.05) is 0 Å². The highest BCUT2D eigenvalue weighted by Crippen LogP contribution is 2.27. The Morgan fingerprint density at radius 3 is 1.91 bits per heavy atom. The van der Waals surface area contributed by atoms with Crippen molar-refractivity contribution in [1.82, 2.24) is 0 Å². The molecule has 34 heavy (non-hydrogen) atoms. The van der Waals surface area contributed by atoms with Crippen LogP contribution in [0.25, 0.3) is 0 Å². The van der Waals surface area contributed by atoms with E-state index in [-0.39, 0.29) is 11.9 Å². The third-order valence-corrected chi connectivity index (χ3v) is 6.36. The Morgan fingerprint density at radius 2 is 1.35 bits per heavy atom. The van der Waals surface area contributed by atoms with Gasteiger partial charge in [0.25, 0.3) is 0 Å². The fourth-order valence-electron chi connectivity index (χ4n) is 4.29. The molecule has 2 atom stereocenters. The molecule has 0 aliphatic carbocycles. The second kappa shape index (κ2) is 16.5. The number of hydrogen-bond donors (Lipinski definition) is 0. The number of ether oxygens (including phenoxy) is 2. The predicted octanol–water partition coefficient (Wildman–Crippen LogP) is 8.47. The Morgan fingerprint density at radius 1 is 0.794 bits per heavy atom. The van der Waals surface area contributed by atoms with Gasteiger partial charge >= 0.3 is 11.9 Å². The van der Waals surface area contributed by atoms with Gasteiger partial charge in [-0.15, -0.1) is 0 Å². The predicted molar refractivity (Wildman–Crippen MR) is 141 cm³/mol. The minimum absolute atomic E-state index is 0.360. The molecule has 0 fully saturated rings. The van der Waals surface area contributed by atoms with E-state index >= 15 is 0 Å². The smallest absolute Gasteiger partial charge is 0.308 e. The summed E-state index contributed by atoms with van der Waals surface area (Å²) < 4.78 is 10.5. The molecule has 0 unspecified atom stereocenters. The summed E-state index contributed by atoms with van der Waals surface area (Å²) in [5.41, 5.74) is 2.17. The van der Waals surface area contributed by atoms with Crippen molar-refractivity contribution in [2.45, 2.75) is 113 Å². The van der Waals surface area contributed by atoms with Gasteiger partial charge in [-0.3, -0.25) is 9.59 Å². The monoisotopic (exact) mass is 472 g/mol. The zero-order valence-electron chi connectivity index (χ0n) is 22.7. The summed E-state index contributed by atoms with van der Waals surface area (Å²) in [6.07, 6.45) is 14.5. The Balaban J connectivity index is 2.43. The van der Waals surface area contributed by atoms with Crippen molar-refractivity contribution in [3.63, 3.8) is 0 Å². The highest BCUT2D eigenvalue weighted by Gasteiger charge is 2.10. The van der Waals surface area contributed by atoms with E-state index < -0.39 is 0 Å². The summed E-state index contributed by atoms with van der Waals surface area (Å²) in [6, 6.07) is 5.11. The van der Waals surface area contributed by atoms with E-state index in [0.717, 1.165) is 29.7 Å². The Hall–Kier alpha value is -2.10. The highest BCUT2D eigenvalue weighted by molar-refractivity contribution is 5.71. The van der Waals surface area contributed by atoms with Crippen molar-refractivity contribution in [2.24, 2.45) is 17.8 Å². The van der Waals surface area contributed by atoms with Gasteiger partial charge in [0.1, 0.15) is 11.5 Å². The molecule has 4 nitrogen and oxygen atoms in total. The van der Waals surface area contributed by atoms with Gasteiger partial charge in [-0.25, -0.2) is 0 Å². The Bertz CT molecular complexity index is 778. The van der Waals surface area contributed by atoms with Crippen LogP contribution in [0, 0.1) is 17.8 Å². The molecule has 192 valence electrons. The van der Waals surface area contributed by atoms with Gasteiger partial charge in [0, 0.05) is 19.4 Å². The normalized spacial score (nSPS) is 13.6. The van der Waals surface area contributed by atoms with Crippen LogP contribution in [0.5, 0.6) is 11.5 Å². The first kappa shape index (κ1) is 29.9. The van der Waals surface area contributed by atoms with Crippen molar-refractivity contribution in [3.05, 3.63) is 35.4 Å². The molecule has 1 aromatic carbocycles. The minimum Gasteiger partial charge on any atom is -0.427 e. The zero-order chi connectivity index (χ0) is 25.5. The topological polar surface area (TPSA) is 52.6 Å². The second-order valence-corrected chi connectivity index (χ2v) is 10.6. The lowest BCUT2D eigenvalue weighted by atomic mass is 9.91. The summed E-state index contributed by atoms with van der Waals surface area (Å²) in [7, 11) is 0. The molecule has 1 rings (SSSR count). The molecule has 1 aromatic rings. The quantitative estimate of drug-likeness (QED) is 0.137. The highest BCUT2D eigenvalue weighted by atomic mass is 16.5. The molecule has 0 aliphatic rings. The Labute approximate surface area is 208 Å². The first-order valence-electron chi connectivity index (χ1n) is 13.2. The minimum atomic E-state index is -0.368. The average molecular weight is 473 g/mol. The van der Waals surface area contributed by atoms with Crippen LogP contribution in [0.2, 0.25) is 0 Å². The summed E-state index contributed by atoms with van der Waals surface area (Å²) in [6.45, 7) is 14.3. The number of hydrogen-bond acceptors (Lipinski definition) is 4. The van der Waals surface area contributed by atoms with Gasteiger partial charge in [-0.1, -0.05) is 84.3 Å². The molecular formula is C30H48O4. The van der Waals surface area contributed by atoms with E-state index in [0.29, 0.717) is 17.9 Å². The first-order valence-corrected chi connectivity index (χ1v) is 13.2. The van der Waals surface area contributed by atoms with Gasteiger partial charge < -0.3 is 9.47 Å². The third-order valence-electron chi connectivity index (χ3n) is 6.36. The summed E-state index contributed by atoms with van der Waals surface area (Å²) in [5.74, 6) is 2.70. The summed E-state index contributed by atoms with van der Waals surface area (Å²) in [4.78, 5) is 22.7. The number of allylic oxidation sites excluding steroid dienone is 2. The van der Waals surface area contributed by atoms with Crippen LogP contribution >= 0.6 is 0 Å². The molecule has 0 amide bonds. The number of rotatable bonds is 16.